The van der Waals surface area contributed by atoms with Crippen molar-refractivity contribution < 1.29 is 22.7 Å². The van der Waals surface area contributed by atoms with E-state index in [1.165, 1.54) is 12.1 Å². The van der Waals surface area contributed by atoms with Gasteiger partial charge >= 0.3 is 5.97 Å². The van der Waals surface area contributed by atoms with Gasteiger partial charge in [-0.05, 0) is 30.3 Å². The maximum Gasteiger partial charge on any atom is 0.345 e. The Morgan fingerprint density at radius 2 is 2.00 bits per heavy atom. The third-order valence-electron chi connectivity index (χ3n) is 2.45. The van der Waals surface area contributed by atoms with Crippen LogP contribution in [0.25, 0.3) is 0 Å². The number of halogens is 2. The first-order valence-corrected chi connectivity index (χ1v) is 8.14. The molecule has 0 aliphatic rings. The number of hydrogen-bond acceptors (Lipinski definition) is 4. The zero-order valence-electron chi connectivity index (χ0n) is 9.84. The maximum atomic E-state index is 13.0. The monoisotopic (exact) mass is 334 g/mol. The van der Waals surface area contributed by atoms with Gasteiger partial charge in [0.25, 0.3) is 0 Å². The van der Waals surface area contributed by atoms with Crippen molar-refractivity contribution >= 4 is 38.7 Å². The number of carbonyl (C=O) groups is 1. The van der Waals surface area contributed by atoms with Gasteiger partial charge in [-0.15, -0.1) is 11.3 Å². The maximum absolute atomic E-state index is 13.0. The fourth-order valence-electron chi connectivity index (χ4n) is 1.51. The summed E-state index contributed by atoms with van der Waals surface area (Å²) in [6.07, 6.45) is 0. The van der Waals surface area contributed by atoms with Gasteiger partial charge in [-0.2, -0.15) is 0 Å². The van der Waals surface area contributed by atoms with Crippen molar-refractivity contribution in [3.05, 3.63) is 50.9 Å². The van der Waals surface area contributed by atoms with Crippen LogP contribution in [0.1, 0.15) is 14.5 Å². The Morgan fingerprint density at radius 1 is 1.30 bits per heavy atom. The number of thiophene rings is 1. The van der Waals surface area contributed by atoms with Gasteiger partial charge in [-0.3, -0.25) is 0 Å². The lowest BCUT2D eigenvalue weighted by Crippen LogP contribution is -2.04. The highest BCUT2D eigenvalue weighted by Gasteiger charge is 2.19. The van der Waals surface area contributed by atoms with E-state index < -0.39 is 21.6 Å². The standard InChI is InChI=1S/C12H8ClFO4S2/c13-9-5-8(2-3-10(9)14)20(17,18)6-7-1-4-11(19-7)12(15)16/h1-5H,6H2,(H,15,16). The third kappa shape index (κ3) is 3.17. The molecule has 1 heterocycles. The van der Waals surface area contributed by atoms with Crippen LogP contribution < -0.4 is 0 Å². The van der Waals surface area contributed by atoms with Gasteiger partial charge in [-0.25, -0.2) is 17.6 Å². The highest BCUT2D eigenvalue weighted by atomic mass is 35.5. The van der Waals surface area contributed by atoms with Crippen molar-refractivity contribution in [3.8, 4) is 0 Å². The largest absolute Gasteiger partial charge is 0.477 e. The van der Waals surface area contributed by atoms with Gasteiger partial charge in [0.2, 0.25) is 0 Å². The first-order chi connectivity index (χ1) is 9.29. The molecule has 106 valence electrons. The van der Waals surface area contributed by atoms with Crippen LogP contribution >= 0.6 is 22.9 Å². The average Bonchev–Trinajstić information content (AvgIpc) is 2.80. The van der Waals surface area contributed by atoms with Crippen LogP contribution in [0.4, 0.5) is 4.39 Å². The molecule has 0 atom stereocenters. The molecule has 0 spiro atoms. The minimum absolute atomic E-state index is 0.0624. The van der Waals surface area contributed by atoms with E-state index in [1.54, 1.807) is 0 Å². The van der Waals surface area contributed by atoms with Crippen molar-refractivity contribution in [1.82, 2.24) is 0 Å². The smallest absolute Gasteiger partial charge is 0.345 e. The molecule has 0 unspecified atom stereocenters. The second-order valence-electron chi connectivity index (χ2n) is 3.91. The summed E-state index contributed by atoms with van der Waals surface area (Å²) in [6, 6.07) is 5.93. The summed E-state index contributed by atoms with van der Waals surface area (Å²) in [7, 11) is -3.70. The summed E-state index contributed by atoms with van der Waals surface area (Å²) in [5.74, 6) is -2.16. The van der Waals surface area contributed by atoms with Crippen LogP contribution in [-0.4, -0.2) is 19.5 Å². The Kier molecular flexibility index (Phi) is 4.12. The Bertz CT molecular complexity index is 768. The molecule has 8 heteroatoms. The lowest BCUT2D eigenvalue weighted by molar-refractivity contribution is 0.0702. The molecule has 0 amide bonds. The van der Waals surface area contributed by atoms with E-state index in [0.29, 0.717) is 4.88 Å². The predicted octanol–water partition coefficient (Wildman–Crippen LogP) is 3.21. The molecule has 2 rings (SSSR count). The van der Waals surface area contributed by atoms with Crippen LogP contribution in [0.15, 0.2) is 35.2 Å². The van der Waals surface area contributed by atoms with E-state index >= 15 is 0 Å². The molecule has 0 radical (unpaired) electrons. The molecule has 0 bridgehead atoms. The van der Waals surface area contributed by atoms with E-state index in [4.69, 9.17) is 16.7 Å². The number of carboxylic acids is 1. The van der Waals surface area contributed by atoms with Crippen LogP contribution in [0.2, 0.25) is 5.02 Å². The zero-order chi connectivity index (χ0) is 14.9. The molecule has 0 aliphatic heterocycles. The van der Waals surface area contributed by atoms with Crippen LogP contribution in [0, 0.1) is 5.82 Å². The van der Waals surface area contributed by atoms with Crippen molar-refractivity contribution in [1.29, 1.82) is 0 Å². The van der Waals surface area contributed by atoms with Gasteiger partial charge in [-0.1, -0.05) is 11.6 Å². The molecule has 1 aromatic heterocycles. The number of sulfone groups is 1. The third-order valence-corrected chi connectivity index (χ3v) is 5.66. The fraction of sp³-hybridized carbons (Fsp3) is 0.0833. The Morgan fingerprint density at radius 3 is 2.55 bits per heavy atom. The molecule has 0 fully saturated rings. The van der Waals surface area contributed by atoms with Gasteiger partial charge in [0.1, 0.15) is 10.7 Å². The SMILES string of the molecule is O=C(O)c1ccc(CS(=O)(=O)c2ccc(F)c(Cl)c2)s1. The van der Waals surface area contributed by atoms with Crippen molar-refractivity contribution in [3.63, 3.8) is 0 Å². The highest BCUT2D eigenvalue weighted by molar-refractivity contribution is 7.90. The topological polar surface area (TPSA) is 71.4 Å². The number of rotatable bonds is 4. The summed E-state index contributed by atoms with van der Waals surface area (Å²) in [4.78, 5) is 11.1. The molecular formula is C12H8ClFO4S2. The number of hydrogen-bond donors (Lipinski definition) is 1. The minimum atomic E-state index is -3.70. The summed E-state index contributed by atoms with van der Waals surface area (Å²) in [5, 5.41) is 8.51. The lowest BCUT2D eigenvalue weighted by atomic mass is 10.3. The van der Waals surface area contributed by atoms with E-state index in [0.717, 1.165) is 29.5 Å². The molecule has 1 N–H and O–H groups in total. The lowest BCUT2D eigenvalue weighted by Gasteiger charge is -2.04. The Hall–Kier alpha value is -1.44. The van der Waals surface area contributed by atoms with Crippen LogP contribution in [-0.2, 0) is 15.6 Å². The molecule has 0 aliphatic carbocycles. The van der Waals surface area contributed by atoms with E-state index in [-0.39, 0.29) is 20.5 Å². The Balaban J connectivity index is 2.30. The number of benzene rings is 1. The van der Waals surface area contributed by atoms with Gasteiger partial charge in [0.15, 0.2) is 9.84 Å². The van der Waals surface area contributed by atoms with Crippen molar-refractivity contribution in [2.24, 2.45) is 0 Å². The number of carboxylic acid groups (broad SMARTS) is 1. The first kappa shape index (κ1) is 15.0. The van der Waals surface area contributed by atoms with E-state index in [1.807, 2.05) is 0 Å². The van der Waals surface area contributed by atoms with Gasteiger partial charge < -0.3 is 5.11 Å². The molecule has 1 aromatic carbocycles. The molecule has 20 heavy (non-hydrogen) atoms. The van der Waals surface area contributed by atoms with Gasteiger partial charge in [0.05, 0.1) is 15.7 Å². The summed E-state index contributed by atoms with van der Waals surface area (Å²) in [6.45, 7) is 0. The normalized spacial score (nSPS) is 11.5. The van der Waals surface area contributed by atoms with Crippen LogP contribution in [0.5, 0.6) is 0 Å². The van der Waals surface area contributed by atoms with E-state index in [2.05, 4.69) is 0 Å². The predicted molar refractivity (Wildman–Crippen MR) is 73.6 cm³/mol. The summed E-state index contributed by atoms with van der Waals surface area (Å²) >= 11 is 6.44. The van der Waals surface area contributed by atoms with Crippen molar-refractivity contribution in [2.45, 2.75) is 10.6 Å². The molecular weight excluding hydrogens is 327 g/mol. The average molecular weight is 335 g/mol. The summed E-state index contributed by atoms with van der Waals surface area (Å²) in [5.41, 5.74) is 0. The molecule has 2 aromatic rings. The molecule has 4 nitrogen and oxygen atoms in total. The van der Waals surface area contributed by atoms with Crippen LogP contribution in [0.3, 0.4) is 0 Å². The highest BCUT2D eigenvalue weighted by Crippen LogP contribution is 2.25. The number of aromatic carboxylic acids is 1. The van der Waals surface area contributed by atoms with Gasteiger partial charge in [0, 0.05) is 4.88 Å². The molecule has 0 saturated heterocycles. The summed E-state index contributed by atoms with van der Waals surface area (Å²) < 4.78 is 37.3. The quantitative estimate of drug-likeness (QED) is 0.871. The second kappa shape index (κ2) is 5.51. The van der Waals surface area contributed by atoms with Crippen molar-refractivity contribution in [2.75, 3.05) is 0 Å². The second-order valence-corrected chi connectivity index (χ2v) is 7.47. The minimum Gasteiger partial charge on any atom is -0.477 e. The first-order valence-electron chi connectivity index (χ1n) is 5.29. The Labute approximate surface area is 123 Å². The van der Waals surface area contributed by atoms with E-state index in [9.17, 15) is 17.6 Å². The zero-order valence-corrected chi connectivity index (χ0v) is 12.2. The molecule has 0 saturated carbocycles. The fourth-order valence-corrected chi connectivity index (χ4v) is 4.31.